The average molecular weight is 424 g/mol. The van der Waals surface area contributed by atoms with E-state index in [0.29, 0.717) is 29.8 Å². The fraction of sp³-hybridized carbons (Fsp3) is 0.167. The number of rotatable bonds is 3. The van der Waals surface area contributed by atoms with Crippen LogP contribution in [0, 0.1) is 0 Å². The van der Waals surface area contributed by atoms with Crippen LogP contribution in [0.15, 0.2) is 66.7 Å². The van der Waals surface area contributed by atoms with Crippen LogP contribution in [0.1, 0.15) is 28.4 Å². The second-order valence-electron chi connectivity index (χ2n) is 7.34. The molecular formula is C24H19F3N2O2. The van der Waals surface area contributed by atoms with Crippen LogP contribution < -0.4 is 10.2 Å². The molecule has 0 bridgehead atoms. The van der Waals surface area contributed by atoms with Gasteiger partial charge >= 0.3 is 6.18 Å². The highest BCUT2D eigenvalue weighted by molar-refractivity contribution is 6.09. The standard InChI is InChI=1S/C24H19F3N2O2/c1-15(30)29-12-11-17-14-19(9-10-22(17)29)28-23(31)21-8-3-2-7-20(21)16-5-4-6-18(13-16)24(25,26)27/h2-10,13-14H,11-12H2,1H3,(H,28,31). The smallest absolute Gasteiger partial charge is 0.322 e. The molecule has 0 saturated heterocycles. The molecule has 1 aliphatic rings. The van der Waals surface area contributed by atoms with Gasteiger partial charge in [0.1, 0.15) is 0 Å². The van der Waals surface area contributed by atoms with E-state index in [0.717, 1.165) is 23.4 Å². The monoisotopic (exact) mass is 424 g/mol. The van der Waals surface area contributed by atoms with E-state index in [2.05, 4.69) is 5.32 Å². The molecule has 0 spiro atoms. The van der Waals surface area contributed by atoms with Crippen molar-refractivity contribution < 1.29 is 22.8 Å². The highest BCUT2D eigenvalue weighted by Gasteiger charge is 2.30. The second-order valence-corrected chi connectivity index (χ2v) is 7.34. The van der Waals surface area contributed by atoms with Gasteiger partial charge in [-0.2, -0.15) is 13.2 Å². The fourth-order valence-electron chi connectivity index (χ4n) is 3.80. The number of hydrogen-bond donors (Lipinski definition) is 1. The Morgan fingerprint density at radius 3 is 2.48 bits per heavy atom. The molecule has 0 aromatic heterocycles. The van der Waals surface area contributed by atoms with Crippen LogP contribution in [0.2, 0.25) is 0 Å². The molecule has 158 valence electrons. The molecule has 0 fully saturated rings. The Balaban J connectivity index is 1.62. The van der Waals surface area contributed by atoms with E-state index >= 15 is 0 Å². The number of fused-ring (bicyclic) bond motifs is 1. The fourth-order valence-corrected chi connectivity index (χ4v) is 3.80. The lowest BCUT2D eigenvalue weighted by molar-refractivity contribution is -0.137. The van der Waals surface area contributed by atoms with Crippen molar-refractivity contribution in [3.63, 3.8) is 0 Å². The van der Waals surface area contributed by atoms with Gasteiger partial charge in [0.2, 0.25) is 5.91 Å². The average Bonchev–Trinajstić information content (AvgIpc) is 3.17. The first-order chi connectivity index (χ1) is 14.7. The number of nitrogens with one attached hydrogen (secondary N) is 1. The normalized spacial score (nSPS) is 13.1. The molecule has 4 rings (SSSR count). The zero-order valence-electron chi connectivity index (χ0n) is 16.7. The topological polar surface area (TPSA) is 49.4 Å². The third kappa shape index (κ3) is 4.17. The van der Waals surface area contributed by atoms with E-state index in [1.165, 1.54) is 13.0 Å². The number of amides is 2. The van der Waals surface area contributed by atoms with Crippen molar-refractivity contribution in [1.82, 2.24) is 0 Å². The van der Waals surface area contributed by atoms with E-state index in [4.69, 9.17) is 0 Å². The van der Waals surface area contributed by atoms with Crippen molar-refractivity contribution >= 4 is 23.2 Å². The molecule has 0 saturated carbocycles. The number of hydrogen-bond acceptors (Lipinski definition) is 2. The molecule has 0 unspecified atom stereocenters. The molecule has 0 radical (unpaired) electrons. The lowest BCUT2D eigenvalue weighted by Gasteiger charge is -2.15. The third-order valence-corrected chi connectivity index (χ3v) is 5.29. The van der Waals surface area contributed by atoms with Crippen LogP contribution in [0.4, 0.5) is 24.5 Å². The largest absolute Gasteiger partial charge is 0.416 e. The number of halogens is 3. The molecule has 1 heterocycles. The predicted molar refractivity (Wildman–Crippen MR) is 113 cm³/mol. The number of carbonyl (C=O) groups excluding carboxylic acids is 2. The molecule has 0 aliphatic carbocycles. The molecule has 3 aromatic rings. The zero-order valence-corrected chi connectivity index (χ0v) is 16.7. The highest BCUT2D eigenvalue weighted by Crippen LogP contribution is 2.34. The van der Waals surface area contributed by atoms with Crippen LogP contribution in [-0.2, 0) is 17.4 Å². The molecular weight excluding hydrogens is 405 g/mol. The minimum absolute atomic E-state index is 0.0365. The Bertz CT molecular complexity index is 1170. The number of alkyl halides is 3. The summed E-state index contributed by atoms with van der Waals surface area (Å²) in [6, 6.07) is 16.8. The molecule has 7 heteroatoms. The van der Waals surface area contributed by atoms with E-state index in [1.807, 2.05) is 6.07 Å². The Morgan fingerprint density at radius 1 is 0.968 bits per heavy atom. The molecule has 0 atom stereocenters. The summed E-state index contributed by atoms with van der Waals surface area (Å²) in [4.78, 5) is 26.3. The van der Waals surface area contributed by atoms with Gasteiger partial charge in [0.15, 0.2) is 0 Å². The van der Waals surface area contributed by atoms with Gasteiger partial charge in [-0.25, -0.2) is 0 Å². The van der Waals surface area contributed by atoms with Crippen LogP contribution in [-0.4, -0.2) is 18.4 Å². The molecule has 4 nitrogen and oxygen atoms in total. The number of benzene rings is 3. The van der Waals surface area contributed by atoms with E-state index in [1.54, 1.807) is 47.4 Å². The summed E-state index contributed by atoms with van der Waals surface area (Å²) in [6.45, 7) is 2.11. The van der Waals surface area contributed by atoms with Crippen molar-refractivity contribution in [2.45, 2.75) is 19.5 Å². The molecule has 3 aromatic carbocycles. The Morgan fingerprint density at radius 2 is 1.74 bits per heavy atom. The maximum Gasteiger partial charge on any atom is 0.416 e. The summed E-state index contributed by atoms with van der Waals surface area (Å²) in [5.41, 5.74) is 2.57. The van der Waals surface area contributed by atoms with Crippen LogP contribution in [0.25, 0.3) is 11.1 Å². The van der Waals surface area contributed by atoms with Crippen molar-refractivity contribution in [3.05, 3.63) is 83.4 Å². The summed E-state index contributed by atoms with van der Waals surface area (Å²) >= 11 is 0. The first kappa shape index (κ1) is 20.7. The molecule has 1 aliphatic heterocycles. The van der Waals surface area contributed by atoms with Gasteiger partial charge < -0.3 is 10.2 Å². The minimum atomic E-state index is -4.47. The number of anilines is 2. The van der Waals surface area contributed by atoms with Gasteiger partial charge in [0, 0.05) is 30.4 Å². The van der Waals surface area contributed by atoms with E-state index in [-0.39, 0.29) is 11.5 Å². The van der Waals surface area contributed by atoms with Gasteiger partial charge in [-0.05, 0) is 59.5 Å². The van der Waals surface area contributed by atoms with Gasteiger partial charge in [0.05, 0.1) is 5.56 Å². The van der Waals surface area contributed by atoms with Crippen molar-refractivity contribution in [2.24, 2.45) is 0 Å². The van der Waals surface area contributed by atoms with Gasteiger partial charge in [0.25, 0.3) is 5.91 Å². The van der Waals surface area contributed by atoms with Gasteiger partial charge in [-0.15, -0.1) is 0 Å². The quantitative estimate of drug-likeness (QED) is 0.601. The van der Waals surface area contributed by atoms with Crippen LogP contribution in [0.5, 0.6) is 0 Å². The first-order valence-corrected chi connectivity index (χ1v) is 9.73. The lowest BCUT2D eigenvalue weighted by Crippen LogP contribution is -2.25. The maximum atomic E-state index is 13.1. The number of nitrogens with zero attached hydrogens (tertiary/aromatic N) is 1. The molecule has 31 heavy (non-hydrogen) atoms. The first-order valence-electron chi connectivity index (χ1n) is 9.73. The van der Waals surface area contributed by atoms with E-state index in [9.17, 15) is 22.8 Å². The van der Waals surface area contributed by atoms with Crippen LogP contribution >= 0.6 is 0 Å². The summed E-state index contributed by atoms with van der Waals surface area (Å²) in [5.74, 6) is -0.458. The Kier molecular flexibility index (Phi) is 5.27. The minimum Gasteiger partial charge on any atom is -0.322 e. The molecule has 1 N–H and O–H groups in total. The Labute approximate surface area is 177 Å². The zero-order chi connectivity index (χ0) is 22.2. The summed E-state index contributed by atoms with van der Waals surface area (Å²) in [5, 5.41) is 2.82. The maximum absolute atomic E-state index is 13.1. The summed E-state index contributed by atoms with van der Waals surface area (Å²) < 4.78 is 39.3. The Hall–Kier alpha value is -3.61. The number of carbonyl (C=O) groups is 2. The van der Waals surface area contributed by atoms with Gasteiger partial charge in [-0.3, -0.25) is 9.59 Å². The third-order valence-electron chi connectivity index (χ3n) is 5.29. The van der Waals surface area contributed by atoms with Crippen LogP contribution in [0.3, 0.4) is 0 Å². The lowest BCUT2D eigenvalue weighted by atomic mass is 9.97. The van der Waals surface area contributed by atoms with Crippen molar-refractivity contribution in [2.75, 3.05) is 16.8 Å². The van der Waals surface area contributed by atoms with E-state index < -0.39 is 17.6 Å². The van der Waals surface area contributed by atoms with Gasteiger partial charge in [-0.1, -0.05) is 30.3 Å². The second kappa shape index (κ2) is 7.91. The summed E-state index contributed by atoms with van der Waals surface area (Å²) in [7, 11) is 0. The van der Waals surface area contributed by atoms with Crippen molar-refractivity contribution in [3.8, 4) is 11.1 Å². The SMILES string of the molecule is CC(=O)N1CCc2cc(NC(=O)c3ccccc3-c3cccc(C(F)(F)F)c3)ccc21. The predicted octanol–water partition coefficient (Wildman–Crippen LogP) is 5.53. The van der Waals surface area contributed by atoms with Crippen molar-refractivity contribution in [1.29, 1.82) is 0 Å². The molecule has 2 amide bonds. The highest BCUT2D eigenvalue weighted by atomic mass is 19.4. The summed E-state index contributed by atoms with van der Waals surface area (Å²) in [6.07, 6.45) is -3.77.